The number of hydrogen-bond donors (Lipinski definition) is 2. The van der Waals surface area contributed by atoms with Crippen LogP contribution in [0.3, 0.4) is 0 Å². The first-order chi connectivity index (χ1) is 10.7. The maximum Gasteiger partial charge on any atom is 0.118 e. The minimum Gasteiger partial charge on any atom is -0.497 e. The molecule has 2 aromatic rings. The molecule has 116 valence electrons. The lowest BCUT2D eigenvalue weighted by Crippen LogP contribution is -2.23. The van der Waals surface area contributed by atoms with E-state index in [4.69, 9.17) is 34.4 Å². The molecule has 1 saturated heterocycles. The summed E-state index contributed by atoms with van der Waals surface area (Å²) in [5.74, 6) is 1.78. The van der Waals surface area contributed by atoms with Gasteiger partial charge in [0.05, 0.1) is 14.2 Å². The van der Waals surface area contributed by atoms with Gasteiger partial charge in [0, 0.05) is 10.7 Å². The number of methoxy groups -OCH3 is 2. The van der Waals surface area contributed by atoms with Gasteiger partial charge in [0.1, 0.15) is 11.5 Å². The lowest BCUT2D eigenvalue weighted by atomic mass is 10.1. The smallest absolute Gasteiger partial charge is 0.118 e. The second-order valence-corrected chi connectivity index (χ2v) is 13.7. The normalized spacial score (nSPS) is 27.1. The van der Waals surface area contributed by atoms with Crippen LogP contribution in [0.25, 0.3) is 0 Å². The van der Waals surface area contributed by atoms with Crippen molar-refractivity contribution < 1.29 is 9.47 Å². The van der Waals surface area contributed by atoms with Gasteiger partial charge in [-0.15, -0.1) is 12.2 Å². The molecule has 0 amide bonds. The summed E-state index contributed by atoms with van der Waals surface area (Å²) in [5.41, 5.74) is 1.76. The molecule has 0 spiro atoms. The van der Waals surface area contributed by atoms with E-state index in [9.17, 15) is 0 Å². The molecule has 0 N–H and O–H groups in total. The number of rotatable bonds is 4. The van der Waals surface area contributed by atoms with Gasteiger partial charge in [-0.1, -0.05) is 24.3 Å². The fourth-order valence-electron chi connectivity index (χ4n) is 2.55. The molecule has 0 saturated carbocycles. The first kappa shape index (κ1) is 16.5. The molecule has 6 heteroatoms. The van der Waals surface area contributed by atoms with Crippen LogP contribution in [0.15, 0.2) is 48.5 Å². The van der Waals surface area contributed by atoms with E-state index in [2.05, 4.69) is 24.3 Å². The average molecular weight is 368 g/mol. The maximum atomic E-state index is 5.23. The van der Waals surface area contributed by atoms with Crippen molar-refractivity contribution >= 4 is 44.6 Å². The van der Waals surface area contributed by atoms with Crippen LogP contribution in [0.5, 0.6) is 11.5 Å². The third kappa shape index (κ3) is 2.99. The van der Waals surface area contributed by atoms with Crippen molar-refractivity contribution in [2.75, 3.05) is 14.2 Å². The molecule has 1 fully saturated rings. The number of ether oxygens (including phenoxy) is 2. The summed E-state index contributed by atoms with van der Waals surface area (Å²) in [6, 6.07) is 16.7. The zero-order valence-electron chi connectivity index (χ0n) is 12.4. The molecule has 2 aromatic carbocycles. The van der Waals surface area contributed by atoms with Crippen LogP contribution in [-0.4, -0.2) is 19.2 Å². The van der Waals surface area contributed by atoms with Crippen molar-refractivity contribution in [3.63, 3.8) is 0 Å². The average Bonchev–Trinajstić information content (AvgIpc) is 2.56. The van der Waals surface area contributed by atoms with E-state index in [1.165, 1.54) is 10.9 Å². The second-order valence-electron chi connectivity index (χ2n) is 4.99. The Hall–Kier alpha value is -0.400. The van der Waals surface area contributed by atoms with Crippen LogP contribution in [0.2, 0.25) is 0 Å². The molecule has 1 heterocycles. The largest absolute Gasteiger partial charge is 0.497 e. The quantitative estimate of drug-likeness (QED) is 0.580. The molecule has 4 unspecified atom stereocenters. The Morgan fingerprint density at radius 2 is 1.36 bits per heavy atom. The third-order valence-corrected chi connectivity index (χ3v) is 15.0. The van der Waals surface area contributed by atoms with Crippen LogP contribution < -0.4 is 14.8 Å². The van der Waals surface area contributed by atoms with Gasteiger partial charge in [-0.05, 0) is 49.6 Å². The van der Waals surface area contributed by atoms with Crippen LogP contribution in [0, 0.1) is 0 Å². The second kappa shape index (κ2) is 7.01. The van der Waals surface area contributed by atoms with Gasteiger partial charge in [0.2, 0.25) is 0 Å². The summed E-state index contributed by atoms with van der Waals surface area (Å²) in [6.45, 7) is -0.363. The van der Waals surface area contributed by atoms with Crippen molar-refractivity contribution in [1.82, 2.24) is 0 Å². The Morgan fingerprint density at radius 3 is 1.82 bits per heavy atom. The zero-order chi connectivity index (χ0) is 15.7. The van der Waals surface area contributed by atoms with Crippen molar-refractivity contribution in [2.45, 2.75) is 10.7 Å². The van der Waals surface area contributed by atoms with E-state index in [-0.39, 0.29) is 14.4 Å². The molecular weight excluding hydrogens is 350 g/mol. The third-order valence-electron chi connectivity index (χ3n) is 3.80. The summed E-state index contributed by atoms with van der Waals surface area (Å²) < 4.78 is 10.5. The molecule has 1 aliphatic heterocycles. The highest BCUT2D eigenvalue weighted by Crippen LogP contribution is 2.92. The van der Waals surface area contributed by atoms with Gasteiger partial charge in [0.15, 0.2) is 0 Å². The van der Waals surface area contributed by atoms with Gasteiger partial charge < -0.3 is 9.47 Å². The van der Waals surface area contributed by atoms with Crippen molar-refractivity contribution in [2.24, 2.45) is 0 Å². The summed E-state index contributed by atoms with van der Waals surface area (Å²) >= 11 is 9.82. The summed E-state index contributed by atoms with van der Waals surface area (Å²) in [5, 5.41) is 1.36. The zero-order valence-corrected chi connectivity index (χ0v) is 16.0. The fourth-order valence-corrected chi connectivity index (χ4v) is 15.2. The molecule has 22 heavy (non-hydrogen) atoms. The Bertz CT molecular complexity index is 568. The minimum absolute atomic E-state index is 0.301. The standard InChI is InChI=1S/C16H18O2P2S2/c1-17-12-5-3-11(4-6-12)15-16(21)19(20(15)22)14-9-7-13(18-2)8-10-14/h3-10,15-16,21-22H,1-2H3. The van der Waals surface area contributed by atoms with E-state index in [0.29, 0.717) is 10.7 Å². The summed E-state index contributed by atoms with van der Waals surface area (Å²) in [4.78, 5) is 0.361. The van der Waals surface area contributed by atoms with E-state index < -0.39 is 0 Å². The first-order valence-corrected chi connectivity index (χ1v) is 12.1. The highest BCUT2D eigenvalue weighted by atomic mass is 32.9. The SMILES string of the molecule is COc1ccc(C2C(S)P(c3ccc(OC)cc3)P2S)cc1. The van der Waals surface area contributed by atoms with Gasteiger partial charge >= 0.3 is 0 Å². The van der Waals surface area contributed by atoms with E-state index >= 15 is 0 Å². The molecule has 0 aliphatic carbocycles. The van der Waals surface area contributed by atoms with Crippen LogP contribution in [0.4, 0.5) is 0 Å². The minimum atomic E-state index is -0.363. The van der Waals surface area contributed by atoms with E-state index in [1.807, 2.05) is 24.3 Å². The molecular formula is C16H18O2P2S2. The van der Waals surface area contributed by atoms with Gasteiger partial charge in [-0.3, -0.25) is 0 Å². The Labute approximate surface area is 144 Å². The molecule has 2 nitrogen and oxygen atoms in total. The van der Waals surface area contributed by atoms with Crippen LogP contribution in [-0.2, 0) is 0 Å². The Morgan fingerprint density at radius 1 is 0.864 bits per heavy atom. The maximum absolute atomic E-state index is 5.23. The monoisotopic (exact) mass is 368 g/mol. The summed E-state index contributed by atoms with van der Waals surface area (Å²) in [7, 11) is 3.08. The predicted octanol–water partition coefficient (Wildman–Crippen LogP) is 5.06. The van der Waals surface area contributed by atoms with Gasteiger partial charge in [-0.25, -0.2) is 0 Å². The number of benzene rings is 2. The Balaban J connectivity index is 1.77. The lowest BCUT2D eigenvalue weighted by Gasteiger charge is -2.48. The molecule has 4 atom stereocenters. The van der Waals surface area contributed by atoms with E-state index in [1.54, 1.807) is 14.2 Å². The molecule has 1 aliphatic rings. The lowest BCUT2D eigenvalue weighted by molar-refractivity contribution is 0.414. The molecule has 3 rings (SSSR count). The van der Waals surface area contributed by atoms with Crippen molar-refractivity contribution in [3.05, 3.63) is 54.1 Å². The van der Waals surface area contributed by atoms with E-state index in [0.717, 1.165) is 11.5 Å². The summed E-state index contributed by atoms with van der Waals surface area (Å²) in [6.07, 6.45) is 0. The number of thiol groups is 2. The number of hydrogen-bond acceptors (Lipinski definition) is 4. The van der Waals surface area contributed by atoms with Gasteiger partial charge in [-0.2, -0.15) is 12.6 Å². The molecule has 0 radical (unpaired) electrons. The van der Waals surface area contributed by atoms with Crippen molar-refractivity contribution in [3.8, 4) is 11.5 Å². The fraction of sp³-hybridized carbons (Fsp3) is 0.250. The molecule has 0 bridgehead atoms. The van der Waals surface area contributed by atoms with Crippen LogP contribution >= 0.6 is 39.3 Å². The predicted molar refractivity (Wildman–Crippen MR) is 104 cm³/mol. The highest BCUT2D eigenvalue weighted by Gasteiger charge is 2.48. The Kier molecular flexibility index (Phi) is 5.24. The molecule has 0 aromatic heterocycles. The topological polar surface area (TPSA) is 18.5 Å². The first-order valence-electron chi connectivity index (χ1n) is 6.89. The highest BCUT2D eigenvalue weighted by molar-refractivity contribution is 8.74. The van der Waals surface area contributed by atoms with Gasteiger partial charge in [0.25, 0.3) is 0 Å². The van der Waals surface area contributed by atoms with Crippen LogP contribution in [0.1, 0.15) is 11.2 Å². The van der Waals surface area contributed by atoms with Crippen molar-refractivity contribution in [1.29, 1.82) is 0 Å².